The third kappa shape index (κ3) is 3.25. The number of benzene rings is 1. The summed E-state index contributed by atoms with van der Waals surface area (Å²) in [6, 6.07) is 5.82. The summed E-state index contributed by atoms with van der Waals surface area (Å²) >= 11 is 3.01. The summed E-state index contributed by atoms with van der Waals surface area (Å²) in [4.78, 5) is 14.1. The summed E-state index contributed by atoms with van der Waals surface area (Å²) in [5.74, 6) is -0.666. The molecule has 2 rings (SSSR count). The Morgan fingerprint density at radius 1 is 1.37 bits per heavy atom. The van der Waals surface area contributed by atoms with Crippen LogP contribution in [0.4, 0.5) is 15.8 Å². The number of anilines is 1. The molecule has 1 heterocycles. The highest BCUT2D eigenvalue weighted by Gasteiger charge is 2.17. The van der Waals surface area contributed by atoms with E-state index in [2.05, 4.69) is 26.2 Å². The molecule has 1 aromatic heterocycles. The molecule has 2 aromatic rings. The van der Waals surface area contributed by atoms with Crippen molar-refractivity contribution in [3.8, 4) is 0 Å². The van der Waals surface area contributed by atoms with Gasteiger partial charge in [0.25, 0.3) is 5.69 Å². The van der Waals surface area contributed by atoms with E-state index >= 15 is 0 Å². The van der Waals surface area contributed by atoms with Crippen LogP contribution in [0.5, 0.6) is 0 Å². The molecule has 0 amide bonds. The number of halogens is 2. The summed E-state index contributed by atoms with van der Waals surface area (Å²) in [7, 11) is 0. The van der Waals surface area contributed by atoms with Gasteiger partial charge in [0, 0.05) is 18.9 Å². The van der Waals surface area contributed by atoms with Crippen molar-refractivity contribution in [3.63, 3.8) is 0 Å². The van der Waals surface area contributed by atoms with Crippen molar-refractivity contribution in [2.45, 2.75) is 6.54 Å². The molecule has 0 saturated heterocycles. The number of nitrogens with zero attached hydrogens (tertiary/aromatic N) is 2. The minimum atomic E-state index is -0.666. The lowest BCUT2D eigenvalue weighted by Gasteiger charge is -2.08. The Balaban J connectivity index is 2.24. The molecule has 19 heavy (non-hydrogen) atoms. The number of nitro groups is 1. The first-order valence-corrected chi connectivity index (χ1v) is 6.13. The first kappa shape index (κ1) is 13.4. The normalized spacial score (nSPS) is 10.2. The van der Waals surface area contributed by atoms with Crippen molar-refractivity contribution in [1.29, 1.82) is 0 Å². The molecule has 0 unspecified atom stereocenters. The summed E-state index contributed by atoms with van der Waals surface area (Å²) in [6.45, 7) is 0.390. The van der Waals surface area contributed by atoms with Gasteiger partial charge >= 0.3 is 0 Å². The van der Waals surface area contributed by atoms with E-state index in [4.69, 9.17) is 0 Å². The Labute approximate surface area is 116 Å². The molecule has 0 radical (unpaired) electrons. The van der Waals surface area contributed by atoms with Crippen molar-refractivity contribution in [1.82, 2.24) is 4.98 Å². The highest BCUT2D eigenvalue weighted by Crippen LogP contribution is 2.30. The van der Waals surface area contributed by atoms with Gasteiger partial charge in [-0.3, -0.25) is 15.1 Å². The Bertz CT molecular complexity index is 607. The number of rotatable bonds is 4. The first-order valence-electron chi connectivity index (χ1n) is 5.34. The Morgan fingerprint density at radius 3 is 2.68 bits per heavy atom. The predicted octanol–water partition coefficient (Wildman–Crippen LogP) is 3.50. The van der Waals surface area contributed by atoms with Crippen molar-refractivity contribution in [2.75, 3.05) is 5.32 Å². The molecule has 98 valence electrons. The zero-order valence-corrected chi connectivity index (χ0v) is 11.2. The lowest BCUT2D eigenvalue weighted by atomic mass is 10.2. The molecule has 7 heteroatoms. The third-order valence-corrected chi connectivity index (χ3v) is 3.08. The van der Waals surface area contributed by atoms with Crippen LogP contribution >= 0.6 is 15.9 Å². The highest BCUT2D eigenvalue weighted by atomic mass is 79.9. The van der Waals surface area contributed by atoms with E-state index in [1.54, 1.807) is 24.5 Å². The topological polar surface area (TPSA) is 68.1 Å². The minimum absolute atomic E-state index is 0.176. The zero-order chi connectivity index (χ0) is 13.8. The molecule has 0 aliphatic heterocycles. The van der Waals surface area contributed by atoms with Gasteiger partial charge in [-0.1, -0.05) is 0 Å². The monoisotopic (exact) mass is 325 g/mol. The van der Waals surface area contributed by atoms with Crippen molar-refractivity contribution in [3.05, 3.63) is 62.6 Å². The Hall–Kier alpha value is -2.02. The van der Waals surface area contributed by atoms with Crippen LogP contribution in [0.15, 0.2) is 41.1 Å². The van der Waals surface area contributed by atoms with E-state index in [9.17, 15) is 14.5 Å². The van der Waals surface area contributed by atoms with E-state index in [-0.39, 0.29) is 15.8 Å². The van der Waals surface area contributed by atoms with Gasteiger partial charge in [-0.25, -0.2) is 4.39 Å². The van der Waals surface area contributed by atoms with Gasteiger partial charge in [-0.2, -0.15) is 0 Å². The molecule has 0 fully saturated rings. The van der Waals surface area contributed by atoms with Gasteiger partial charge in [-0.15, -0.1) is 0 Å². The summed E-state index contributed by atoms with van der Waals surface area (Å²) < 4.78 is 13.5. The van der Waals surface area contributed by atoms with Gasteiger partial charge in [0.05, 0.1) is 15.5 Å². The Kier molecular flexibility index (Phi) is 4.06. The SMILES string of the molecule is O=[N+]([O-])c1cc(F)c(Br)cc1NCc1ccncc1. The minimum Gasteiger partial charge on any atom is -0.375 e. The quantitative estimate of drug-likeness (QED) is 0.690. The largest absolute Gasteiger partial charge is 0.375 e. The number of aromatic nitrogens is 1. The van der Waals surface area contributed by atoms with Crippen LogP contribution in [0.25, 0.3) is 0 Å². The number of nitro benzene ring substituents is 1. The van der Waals surface area contributed by atoms with Gasteiger partial charge in [0.15, 0.2) is 0 Å². The molecule has 0 atom stereocenters. The molecule has 5 nitrogen and oxygen atoms in total. The molecule has 0 aliphatic carbocycles. The lowest BCUT2D eigenvalue weighted by Crippen LogP contribution is -2.03. The second-order valence-corrected chi connectivity index (χ2v) is 4.60. The fourth-order valence-corrected chi connectivity index (χ4v) is 1.87. The van der Waals surface area contributed by atoms with Gasteiger partial charge in [-0.05, 0) is 39.7 Å². The lowest BCUT2D eigenvalue weighted by molar-refractivity contribution is -0.384. The highest BCUT2D eigenvalue weighted by molar-refractivity contribution is 9.10. The van der Waals surface area contributed by atoms with Gasteiger partial charge < -0.3 is 5.32 Å². The third-order valence-electron chi connectivity index (χ3n) is 2.47. The molecule has 1 aromatic carbocycles. The summed E-state index contributed by atoms with van der Waals surface area (Å²) in [5.41, 5.74) is 0.884. The van der Waals surface area contributed by atoms with Crippen LogP contribution in [0.1, 0.15) is 5.56 Å². The maximum absolute atomic E-state index is 13.3. The van der Waals surface area contributed by atoms with Gasteiger partial charge in [0.1, 0.15) is 11.5 Å². The van der Waals surface area contributed by atoms with E-state index < -0.39 is 10.7 Å². The van der Waals surface area contributed by atoms with Crippen molar-refractivity contribution < 1.29 is 9.31 Å². The van der Waals surface area contributed by atoms with Crippen LogP contribution in [-0.2, 0) is 6.54 Å². The number of pyridine rings is 1. The molecular formula is C12H9BrFN3O2. The average molecular weight is 326 g/mol. The summed E-state index contributed by atoms with van der Waals surface area (Å²) in [6.07, 6.45) is 3.26. The molecule has 0 aliphatic rings. The number of nitrogens with one attached hydrogen (secondary N) is 1. The molecular weight excluding hydrogens is 317 g/mol. The standard InChI is InChI=1S/C12H9BrFN3O2/c13-9-5-11(12(17(18)19)6-10(9)14)16-7-8-1-3-15-4-2-8/h1-6,16H,7H2. The maximum atomic E-state index is 13.3. The van der Waals surface area contributed by atoms with E-state index in [0.29, 0.717) is 6.54 Å². The second-order valence-electron chi connectivity index (χ2n) is 3.75. The molecule has 0 saturated carbocycles. The van der Waals surface area contributed by atoms with Crippen LogP contribution in [0.2, 0.25) is 0 Å². The fraction of sp³-hybridized carbons (Fsp3) is 0.0833. The van der Waals surface area contributed by atoms with E-state index in [0.717, 1.165) is 11.6 Å². The smallest absolute Gasteiger partial charge is 0.295 e. The Morgan fingerprint density at radius 2 is 2.05 bits per heavy atom. The second kappa shape index (κ2) is 5.75. The molecule has 0 bridgehead atoms. The predicted molar refractivity (Wildman–Crippen MR) is 72.3 cm³/mol. The van der Waals surface area contributed by atoms with E-state index in [1.807, 2.05) is 0 Å². The summed E-state index contributed by atoms with van der Waals surface area (Å²) in [5, 5.41) is 13.8. The van der Waals surface area contributed by atoms with E-state index in [1.165, 1.54) is 6.07 Å². The van der Waals surface area contributed by atoms with Crippen LogP contribution in [0.3, 0.4) is 0 Å². The average Bonchev–Trinajstić information content (AvgIpc) is 2.40. The first-order chi connectivity index (χ1) is 9.08. The number of hydrogen-bond acceptors (Lipinski definition) is 4. The maximum Gasteiger partial charge on any atom is 0.295 e. The van der Waals surface area contributed by atoms with Gasteiger partial charge in [0.2, 0.25) is 0 Å². The zero-order valence-electron chi connectivity index (χ0n) is 9.64. The van der Waals surface area contributed by atoms with Crippen LogP contribution < -0.4 is 5.32 Å². The fourth-order valence-electron chi connectivity index (χ4n) is 1.53. The van der Waals surface area contributed by atoms with Crippen molar-refractivity contribution in [2.24, 2.45) is 0 Å². The van der Waals surface area contributed by atoms with Crippen LogP contribution in [-0.4, -0.2) is 9.91 Å². The molecule has 1 N–H and O–H groups in total. The van der Waals surface area contributed by atoms with Crippen LogP contribution in [0, 0.1) is 15.9 Å². The number of hydrogen-bond donors (Lipinski definition) is 1. The molecule has 0 spiro atoms. The van der Waals surface area contributed by atoms with Crippen molar-refractivity contribution >= 4 is 27.3 Å².